The highest BCUT2D eigenvalue weighted by Crippen LogP contribution is 2.65. The number of nitrogens with one attached hydrogen (secondary N) is 1. The van der Waals surface area contributed by atoms with E-state index in [1.165, 1.54) is 4.90 Å². The van der Waals surface area contributed by atoms with Gasteiger partial charge in [-0.25, -0.2) is 0 Å². The van der Waals surface area contributed by atoms with Crippen LogP contribution in [0, 0.1) is 30.6 Å². The molecule has 6 atom stereocenters. The third kappa shape index (κ3) is 5.41. The zero-order valence-electron chi connectivity index (χ0n) is 32.1. The Labute approximate surface area is 340 Å². The summed E-state index contributed by atoms with van der Waals surface area (Å²) in [4.78, 5) is 74.3. The number of carbonyl (C=O) groups is 5. The Morgan fingerprint density at radius 1 is 0.695 bits per heavy atom. The smallest absolute Gasteiger partial charge is 0.260 e. The van der Waals surface area contributed by atoms with Crippen LogP contribution in [-0.4, -0.2) is 39.5 Å². The average molecular weight is 778 g/mol. The first-order chi connectivity index (χ1) is 28.7. The summed E-state index contributed by atoms with van der Waals surface area (Å²) in [5.74, 6) is -5.86. The molecular weight excluding hydrogens is 739 g/mol. The average Bonchev–Trinajstić information content (AvgIpc) is 3.65. The van der Waals surface area contributed by atoms with E-state index < -0.39 is 52.7 Å². The quantitative estimate of drug-likeness (QED) is 0.0951. The van der Waals surface area contributed by atoms with Gasteiger partial charge >= 0.3 is 0 Å². The zero-order valence-corrected chi connectivity index (χ0v) is 32.1. The number of phenols is 1. The van der Waals surface area contributed by atoms with E-state index in [1.54, 1.807) is 54.6 Å². The van der Waals surface area contributed by atoms with Crippen molar-refractivity contribution >= 4 is 51.6 Å². The lowest BCUT2D eigenvalue weighted by atomic mass is 9.48. The number of benzene rings is 6. The molecule has 0 aromatic heterocycles. The van der Waals surface area contributed by atoms with E-state index in [1.807, 2.05) is 104 Å². The Balaban J connectivity index is 1.12. The Bertz CT molecular complexity index is 2750. The molecule has 1 saturated carbocycles. The van der Waals surface area contributed by atoms with Crippen LogP contribution in [0.2, 0.25) is 0 Å². The highest BCUT2D eigenvalue weighted by atomic mass is 16.3. The Kier molecular flexibility index (Phi) is 8.45. The second-order valence-electron chi connectivity index (χ2n) is 16.1. The van der Waals surface area contributed by atoms with E-state index in [2.05, 4.69) is 5.43 Å². The van der Waals surface area contributed by atoms with Crippen LogP contribution in [0.1, 0.15) is 51.4 Å². The number of hydrazine groups is 1. The molecule has 0 radical (unpaired) electrons. The maximum absolute atomic E-state index is 15.6. The fraction of sp³-hybridized carbons (Fsp3) is 0.180. The number of carbonyl (C=O) groups excluding carboxylic acids is 5. The minimum Gasteiger partial charge on any atom is -0.508 e. The molecule has 4 amide bonds. The molecule has 6 aromatic rings. The van der Waals surface area contributed by atoms with E-state index in [0.717, 1.165) is 26.9 Å². The van der Waals surface area contributed by atoms with Gasteiger partial charge < -0.3 is 5.11 Å². The summed E-state index contributed by atoms with van der Waals surface area (Å²) in [6.45, 7) is 1.96. The first-order valence-corrected chi connectivity index (χ1v) is 19.9. The molecule has 2 heterocycles. The normalized spacial score (nSPS) is 24.8. The highest BCUT2D eigenvalue weighted by molar-refractivity contribution is 6.23. The predicted molar refractivity (Wildman–Crippen MR) is 223 cm³/mol. The van der Waals surface area contributed by atoms with Crippen LogP contribution in [0.5, 0.6) is 5.75 Å². The van der Waals surface area contributed by atoms with Gasteiger partial charge in [0.2, 0.25) is 11.8 Å². The Morgan fingerprint density at radius 2 is 1.36 bits per heavy atom. The number of aromatic hydroxyl groups is 1. The van der Waals surface area contributed by atoms with Crippen LogP contribution < -0.4 is 10.3 Å². The van der Waals surface area contributed by atoms with Crippen LogP contribution in [0.15, 0.2) is 157 Å². The second kappa shape index (κ2) is 13.8. The SMILES string of the molecule is Cc1ccc(NN2C(=O)C3CC4C(=CCC5C(=O)N(c6ccc(C(=O)c7ccccc7)cc6)C(=O)C54)C(c4c(O)ccc5ccccc45)C3(c3ccccc3)C2=O)cc1. The van der Waals surface area contributed by atoms with Gasteiger partial charge in [-0.2, -0.15) is 5.01 Å². The predicted octanol–water partition coefficient (Wildman–Crippen LogP) is 8.27. The van der Waals surface area contributed by atoms with Crippen molar-refractivity contribution in [3.63, 3.8) is 0 Å². The molecule has 9 nitrogen and oxygen atoms in total. The van der Waals surface area contributed by atoms with Crippen LogP contribution >= 0.6 is 0 Å². The number of amides is 4. The topological polar surface area (TPSA) is 124 Å². The molecule has 2 aliphatic carbocycles. The van der Waals surface area contributed by atoms with Crippen molar-refractivity contribution in [1.82, 2.24) is 5.01 Å². The van der Waals surface area contributed by atoms with E-state index in [9.17, 15) is 19.5 Å². The molecule has 2 saturated heterocycles. The highest BCUT2D eigenvalue weighted by Gasteiger charge is 2.70. The first-order valence-electron chi connectivity index (χ1n) is 19.9. The molecule has 2 N–H and O–H groups in total. The van der Waals surface area contributed by atoms with E-state index in [-0.39, 0.29) is 30.3 Å². The third-order valence-corrected chi connectivity index (χ3v) is 13.1. The lowest BCUT2D eigenvalue weighted by molar-refractivity contribution is -0.138. The van der Waals surface area contributed by atoms with E-state index in [4.69, 9.17) is 0 Å². The third-order valence-electron chi connectivity index (χ3n) is 13.1. The van der Waals surface area contributed by atoms with E-state index >= 15 is 9.59 Å². The van der Waals surface area contributed by atoms with Crippen molar-refractivity contribution in [3.05, 3.63) is 185 Å². The number of imide groups is 2. The number of rotatable bonds is 7. The molecule has 2 aliphatic heterocycles. The number of hydrogen-bond acceptors (Lipinski definition) is 7. The maximum Gasteiger partial charge on any atom is 0.260 e. The minimum atomic E-state index is -1.53. The summed E-state index contributed by atoms with van der Waals surface area (Å²) in [5, 5.41) is 14.7. The molecule has 59 heavy (non-hydrogen) atoms. The molecule has 3 fully saturated rings. The second-order valence-corrected chi connectivity index (χ2v) is 16.1. The molecule has 0 bridgehead atoms. The largest absolute Gasteiger partial charge is 0.508 e. The van der Waals surface area contributed by atoms with Gasteiger partial charge in [0.25, 0.3) is 11.8 Å². The van der Waals surface area contributed by atoms with Gasteiger partial charge in [0.1, 0.15) is 5.75 Å². The summed E-state index contributed by atoms with van der Waals surface area (Å²) in [6, 6.07) is 43.2. The molecule has 6 aromatic carbocycles. The molecule has 9 heteroatoms. The number of allylic oxidation sites excluding steroid dienone is 2. The van der Waals surface area contributed by atoms with Crippen molar-refractivity contribution in [2.45, 2.75) is 31.1 Å². The van der Waals surface area contributed by atoms with Crippen molar-refractivity contribution in [2.24, 2.45) is 23.7 Å². The summed E-state index contributed by atoms with van der Waals surface area (Å²) in [7, 11) is 0. The zero-order chi connectivity index (χ0) is 40.6. The van der Waals surface area contributed by atoms with Gasteiger partial charge in [-0.3, -0.25) is 34.3 Å². The summed E-state index contributed by atoms with van der Waals surface area (Å²) < 4.78 is 0. The van der Waals surface area contributed by atoms with Crippen molar-refractivity contribution < 1.29 is 29.1 Å². The lowest BCUT2D eigenvalue weighted by Crippen LogP contribution is -2.53. The molecule has 0 spiro atoms. The van der Waals surface area contributed by atoms with Crippen LogP contribution in [0.3, 0.4) is 0 Å². The van der Waals surface area contributed by atoms with E-state index in [0.29, 0.717) is 33.6 Å². The van der Waals surface area contributed by atoms with Crippen LogP contribution in [0.4, 0.5) is 11.4 Å². The van der Waals surface area contributed by atoms with Crippen molar-refractivity contribution in [2.75, 3.05) is 10.3 Å². The first kappa shape index (κ1) is 36.2. The maximum atomic E-state index is 15.6. The standard InChI is InChI=1S/C50H39N3O6/c1-29-16-21-34(22-17-29)51-53-47(57)40-28-39-37(44(50(40,49(53)59)33-13-6-3-7-14-33)43-36-15-9-8-10-30(36)20-27-41(43)54)25-26-38-42(39)48(58)52(46(38)56)35-23-18-32(19-24-35)45(55)31-11-4-2-5-12-31/h2-25,27,38-40,42,44,51,54H,26,28H2,1H3. The Morgan fingerprint density at radius 3 is 2.08 bits per heavy atom. The molecule has 4 aliphatic rings. The summed E-state index contributed by atoms with van der Waals surface area (Å²) in [6.07, 6.45) is 2.34. The van der Waals surface area contributed by atoms with Gasteiger partial charge in [0.05, 0.1) is 34.5 Å². The van der Waals surface area contributed by atoms with Gasteiger partial charge in [-0.05, 0) is 84.5 Å². The van der Waals surface area contributed by atoms with Gasteiger partial charge in [0.15, 0.2) is 5.78 Å². The van der Waals surface area contributed by atoms with Crippen LogP contribution in [-0.2, 0) is 24.6 Å². The lowest BCUT2D eigenvalue weighted by Gasteiger charge is -2.51. The minimum absolute atomic E-state index is 0.0304. The summed E-state index contributed by atoms with van der Waals surface area (Å²) >= 11 is 0. The fourth-order valence-electron chi connectivity index (χ4n) is 10.4. The van der Waals surface area contributed by atoms with Crippen molar-refractivity contribution in [3.8, 4) is 5.75 Å². The number of nitrogens with zero attached hydrogens (tertiary/aromatic N) is 2. The number of ketones is 1. The number of fused-ring (bicyclic) bond motifs is 5. The molecule has 10 rings (SSSR count). The molecule has 290 valence electrons. The molecular formula is C50H39N3O6. The molecule has 6 unspecified atom stereocenters. The van der Waals surface area contributed by atoms with Crippen LogP contribution in [0.25, 0.3) is 10.8 Å². The number of anilines is 2. The number of hydrogen-bond donors (Lipinski definition) is 2. The van der Waals surface area contributed by atoms with Gasteiger partial charge in [-0.15, -0.1) is 0 Å². The summed E-state index contributed by atoms with van der Waals surface area (Å²) in [5.41, 5.74) is 6.37. The monoisotopic (exact) mass is 777 g/mol. The van der Waals surface area contributed by atoms with Gasteiger partial charge in [-0.1, -0.05) is 120 Å². The van der Waals surface area contributed by atoms with Gasteiger partial charge in [0, 0.05) is 22.6 Å². The fourth-order valence-corrected chi connectivity index (χ4v) is 10.4. The van der Waals surface area contributed by atoms with Crippen molar-refractivity contribution in [1.29, 1.82) is 0 Å². The number of aryl methyl sites for hydroxylation is 1. The number of phenolic OH excluding ortho intramolecular Hbond substituents is 1. The Hall–Kier alpha value is -7.13.